The van der Waals surface area contributed by atoms with Gasteiger partial charge in [-0.3, -0.25) is 9.59 Å². The van der Waals surface area contributed by atoms with Crippen molar-refractivity contribution in [2.75, 3.05) is 0 Å². The molecular weight excluding hydrogens is 252 g/mol. The van der Waals surface area contributed by atoms with Crippen LogP contribution in [-0.2, 0) is 9.59 Å². The normalized spacial score (nSPS) is 9.33. The van der Waals surface area contributed by atoms with Crippen molar-refractivity contribution in [2.45, 2.75) is 25.7 Å². The number of hydrogen-bond acceptors (Lipinski definition) is 4. The van der Waals surface area contributed by atoms with Crippen LogP contribution >= 0.6 is 0 Å². The molecule has 0 unspecified atom stereocenters. The number of amides is 2. The van der Waals surface area contributed by atoms with E-state index in [1.165, 1.54) is 0 Å². The van der Waals surface area contributed by atoms with Gasteiger partial charge in [0.15, 0.2) is 0 Å². The molecule has 0 aromatic carbocycles. The van der Waals surface area contributed by atoms with Crippen LogP contribution in [0.4, 0.5) is 9.59 Å². The molecular formula is C8H12N2O8. The lowest BCUT2D eigenvalue weighted by molar-refractivity contribution is -0.139. The number of carboxylic acid groups (broad SMARTS) is 4. The summed E-state index contributed by atoms with van der Waals surface area (Å²) < 4.78 is 0. The van der Waals surface area contributed by atoms with Crippen molar-refractivity contribution in [1.29, 1.82) is 0 Å². The lowest BCUT2D eigenvalue weighted by Gasteiger charge is -1.92. The minimum absolute atomic E-state index is 0.0628. The molecule has 0 spiro atoms. The van der Waals surface area contributed by atoms with Crippen LogP contribution in [0.1, 0.15) is 25.7 Å². The molecule has 0 bridgehead atoms. The first-order chi connectivity index (χ1) is 8.25. The molecule has 4 N–H and O–H groups in total. The predicted octanol–water partition coefficient (Wildman–Crippen LogP) is 1.51. The van der Waals surface area contributed by atoms with Crippen LogP contribution in [-0.4, -0.2) is 44.6 Å². The first-order valence-electron chi connectivity index (χ1n) is 4.57. The van der Waals surface area contributed by atoms with Gasteiger partial charge in [0.25, 0.3) is 0 Å². The predicted molar refractivity (Wildman–Crippen MR) is 54.6 cm³/mol. The Kier molecular flexibility index (Phi) is 10.9. The molecule has 2 amide bonds. The van der Waals surface area contributed by atoms with Crippen LogP contribution in [0.2, 0.25) is 0 Å². The molecule has 0 saturated carbocycles. The standard InChI is InChI=1S/C6H10O4.C2H2N2O4/c7-5(8)3-1-2-4-6(9)10;5-1(6)3-4-2(7)8/h1-4H2,(H,7,8)(H,9,10);(H,5,6)(H,7,8)/b;4-3+. The van der Waals surface area contributed by atoms with E-state index in [1.807, 2.05) is 0 Å². The third-order valence-electron chi connectivity index (χ3n) is 1.25. The fourth-order valence-electron chi connectivity index (χ4n) is 0.638. The molecule has 0 heterocycles. The molecule has 0 aliphatic carbocycles. The fourth-order valence-corrected chi connectivity index (χ4v) is 0.638. The molecule has 18 heavy (non-hydrogen) atoms. The maximum Gasteiger partial charge on any atom is 0.450 e. The lowest BCUT2D eigenvalue weighted by atomic mass is 10.2. The number of hydrogen-bond donors (Lipinski definition) is 4. The molecule has 0 aliphatic rings. The topological polar surface area (TPSA) is 174 Å². The zero-order valence-electron chi connectivity index (χ0n) is 9.14. The van der Waals surface area contributed by atoms with Gasteiger partial charge in [-0.25, -0.2) is 9.59 Å². The lowest BCUT2D eigenvalue weighted by Crippen LogP contribution is -1.97. The second-order valence-electron chi connectivity index (χ2n) is 2.76. The van der Waals surface area contributed by atoms with E-state index in [0.717, 1.165) is 0 Å². The van der Waals surface area contributed by atoms with Crippen LogP contribution in [0.5, 0.6) is 0 Å². The van der Waals surface area contributed by atoms with Gasteiger partial charge in [-0.15, -0.1) is 0 Å². The van der Waals surface area contributed by atoms with Crippen LogP contribution in [0, 0.1) is 0 Å². The van der Waals surface area contributed by atoms with Crippen LogP contribution < -0.4 is 0 Å². The van der Waals surface area contributed by atoms with E-state index < -0.39 is 24.1 Å². The Balaban J connectivity index is 0. The van der Waals surface area contributed by atoms with Crippen LogP contribution in [0.25, 0.3) is 0 Å². The van der Waals surface area contributed by atoms with E-state index >= 15 is 0 Å². The average Bonchev–Trinajstić information content (AvgIpc) is 2.22. The molecule has 0 fully saturated rings. The summed E-state index contributed by atoms with van der Waals surface area (Å²) in [7, 11) is 0. The zero-order chi connectivity index (χ0) is 14.6. The van der Waals surface area contributed by atoms with E-state index in [1.54, 1.807) is 0 Å². The molecule has 0 atom stereocenters. The van der Waals surface area contributed by atoms with Crippen LogP contribution in [0.15, 0.2) is 10.2 Å². The summed E-state index contributed by atoms with van der Waals surface area (Å²) in [5.41, 5.74) is 0. The fraction of sp³-hybridized carbons (Fsp3) is 0.500. The number of carboxylic acids is 2. The average molecular weight is 264 g/mol. The Bertz CT molecular complexity index is 306. The highest BCUT2D eigenvalue weighted by atomic mass is 16.4. The number of azo groups is 1. The smallest absolute Gasteiger partial charge is 0.450 e. The van der Waals surface area contributed by atoms with Crippen molar-refractivity contribution in [3.8, 4) is 0 Å². The summed E-state index contributed by atoms with van der Waals surface area (Å²) in [5.74, 6) is -1.74. The Hall–Kier alpha value is -2.52. The maximum absolute atomic E-state index is 9.90. The van der Waals surface area contributed by atoms with Gasteiger partial charge >= 0.3 is 24.1 Å². The number of unbranched alkanes of at least 4 members (excludes halogenated alkanes) is 1. The second-order valence-corrected chi connectivity index (χ2v) is 2.76. The van der Waals surface area contributed by atoms with Crippen molar-refractivity contribution >= 4 is 24.1 Å². The van der Waals surface area contributed by atoms with Gasteiger partial charge in [0.2, 0.25) is 0 Å². The minimum atomic E-state index is -1.62. The summed E-state index contributed by atoms with van der Waals surface area (Å²) >= 11 is 0. The quantitative estimate of drug-likeness (QED) is 0.426. The number of nitrogens with zero attached hydrogens (tertiary/aromatic N) is 2. The first-order valence-corrected chi connectivity index (χ1v) is 4.57. The highest BCUT2D eigenvalue weighted by Gasteiger charge is 1.99. The molecule has 0 aromatic rings. The van der Waals surface area contributed by atoms with Crippen molar-refractivity contribution in [3.63, 3.8) is 0 Å². The summed E-state index contributed by atoms with van der Waals surface area (Å²) in [4.78, 5) is 38.6. The van der Waals surface area contributed by atoms with Crippen molar-refractivity contribution < 1.29 is 39.6 Å². The highest BCUT2D eigenvalue weighted by Crippen LogP contribution is 1.98. The monoisotopic (exact) mass is 264 g/mol. The van der Waals surface area contributed by atoms with Gasteiger partial charge in [0.05, 0.1) is 0 Å². The van der Waals surface area contributed by atoms with Gasteiger partial charge in [0.1, 0.15) is 0 Å². The molecule has 10 heteroatoms. The second kappa shape index (κ2) is 11.0. The zero-order valence-corrected chi connectivity index (χ0v) is 9.14. The largest absolute Gasteiger partial charge is 0.481 e. The number of rotatable bonds is 5. The van der Waals surface area contributed by atoms with E-state index in [4.69, 9.17) is 20.4 Å². The Labute approximate surface area is 101 Å². The van der Waals surface area contributed by atoms with E-state index in [2.05, 4.69) is 10.2 Å². The molecule has 0 radical (unpaired) electrons. The molecule has 0 rings (SSSR count). The Morgan fingerprint density at radius 3 is 1.11 bits per heavy atom. The highest BCUT2D eigenvalue weighted by molar-refractivity contribution is 5.70. The first kappa shape index (κ1) is 17.9. The SMILES string of the molecule is O=C(O)/N=N/C(=O)O.O=C(O)CCCCC(=O)O. The van der Waals surface area contributed by atoms with Gasteiger partial charge < -0.3 is 20.4 Å². The van der Waals surface area contributed by atoms with Crippen LogP contribution in [0.3, 0.4) is 0 Å². The number of aliphatic carboxylic acids is 2. The Morgan fingerprint density at radius 2 is 0.944 bits per heavy atom. The van der Waals surface area contributed by atoms with Crippen molar-refractivity contribution in [1.82, 2.24) is 0 Å². The van der Waals surface area contributed by atoms with E-state index in [-0.39, 0.29) is 12.8 Å². The summed E-state index contributed by atoms with van der Waals surface area (Å²) in [6.07, 6.45) is -2.22. The molecule has 10 nitrogen and oxygen atoms in total. The molecule has 102 valence electrons. The molecule has 0 aliphatic heterocycles. The van der Waals surface area contributed by atoms with Gasteiger partial charge in [-0.05, 0) is 12.8 Å². The third-order valence-corrected chi connectivity index (χ3v) is 1.25. The minimum Gasteiger partial charge on any atom is -0.481 e. The Morgan fingerprint density at radius 1 is 0.667 bits per heavy atom. The molecule has 0 saturated heterocycles. The maximum atomic E-state index is 9.90. The van der Waals surface area contributed by atoms with Gasteiger partial charge in [-0.2, -0.15) is 0 Å². The van der Waals surface area contributed by atoms with Gasteiger partial charge in [-0.1, -0.05) is 10.2 Å². The summed E-state index contributed by atoms with van der Waals surface area (Å²) in [6, 6.07) is 0. The number of carbonyl (C=O) groups is 4. The van der Waals surface area contributed by atoms with Crippen molar-refractivity contribution in [2.24, 2.45) is 10.2 Å². The summed E-state index contributed by atoms with van der Waals surface area (Å²) in [6.45, 7) is 0. The molecule has 0 aromatic heterocycles. The van der Waals surface area contributed by atoms with E-state index in [0.29, 0.717) is 12.8 Å². The third kappa shape index (κ3) is 23.4. The van der Waals surface area contributed by atoms with Crippen molar-refractivity contribution in [3.05, 3.63) is 0 Å². The van der Waals surface area contributed by atoms with E-state index in [9.17, 15) is 19.2 Å². The summed E-state index contributed by atoms with van der Waals surface area (Å²) in [5, 5.41) is 36.1. The van der Waals surface area contributed by atoms with Gasteiger partial charge in [0, 0.05) is 12.8 Å².